The lowest BCUT2D eigenvalue weighted by Gasteiger charge is -2.13. The smallest absolute Gasteiger partial charge is 0.229 e. The van der Waals surface area contributed by atoms with Crippen LogP contribution < -0.4 is 5.32 Å². The molecule has 5 heteroatoms. The molecule has 1 N–H and O–H groups in total. The SMILES string of the molecule is CC(C)c1ccc([C@H]2C[C@H]2C(=O)NCCCN2C(=O)CCC2=O)cc1. The second kappa shape index (κ2) is 7.38. The van der Waals surface area contributed by atoms with Gasteiger partial charge in [0.05, 0.1) is 0 Å². The molecule has 25 heavy (non-hydrogen) atoms. The summed E-state index contributed by atoms with van der Waals surface area (Å²) in [6.07, 6.45) is 2.16. The average Bonchev–Trinajstić information content (AvgIpc) is 3.34. The summed E-state index contributed by atoms with van der Waals surface area (Å²) in [7, 11) is 0. The Kier molecular flexibility index (Phi) is 5.21. The Labute approximate surface area is 148 Å². The van der Waals surface area contributed by atoms with Gasteiger partial charge in [0.15, 0.2) is 0 Å². The molecule has 2 atom stereocenters. The lowest BCUT2D eigenvalue weighted by atomic mass is 10.00. The first-order chi connectivity index (χ1) is 12.0. The highest BCUT2D eigenvalue weighted by atomic mass is 16.2. The van der Waals surface area contributed by atoms with Crippen molar-refractivity contribution in [1.29, 1.82) is 0 Å². The number of carbonyl (C=O) groups is 3. The third-order valence-electron chi connectivity index (χ3n) is 5.17. The van der Waals surface area contributed by atoms with Gasteiger partial charge in [0.2, 0.25) is 17.7 Å². The van der Waals surface area contributed by atoms with Gasteiger partial charge < -0.3 is 5.32 Å². The summed E-state index contributed by atoms with van der Waals surface area (Å²) in [4.78, 5) is 36.6. The third-order valence-corrected chi connectivity index (χ3v) is 5.17. The Morgan fingerprint density at radius 1 is 1.16 bits per heavy atom. The quantitative estimate of drug-likeness (QED) is 0.612. The molecule has 1 aliphatic carbocycles. The number of hydrogen-bond acceptors (Lipinski definition) is 3. The molecule has 3 amide bonds. The van der Waals surface area contributed by atoms with Crippen LogP contribution in [-0.4, -0.2) is 35.7 Å². The molecule has 134 valence electrons. The fraction of sp³-hybridized carbons (Fsp3) is 0.550. The van der Waals surface area contributed by atoms with Crippen LogP contribution in [0.25, 0.3) is 0 Å². The molecule has 0 spiro atoms. The first-order valence-corrected chi connectivity index (χ1v) is 9.18. The van der Waals surface area contributed by atoms with E-state index in [0.29, 0.717) is 44.2 Å². The van der Waals surface area contributed by atoms with Gasteiger partial charge in [-0.05, 0) is 35.8 Å². The maximum atomic E-state index is 12.2. The summed E-state index contributed by atoms with van der Waals surface area (Å²) in [5, 5.41) is 2.94. The monoisotopic (exact) mass is 342 g/mol. The molecule has 1 aliphatic heterocycles. The van der Waals surface area contributed by atoms with Crippen LogP contribution >= 0.6 is 0 Å². The number of likely N-dealkylation sites (tertiary alicyclic amines) is 1. The molecule has 1 saturated heterocycles. The molecule has 5 nitrogen and oxygen atoms in total. The van der Waals surface area contributed by atoms with Crippen molar-refractivity contribution >= 4 is 17.7 Å². The highest BCUT2D eigenvalue weighted by Crippen LogP contribution is 2.47. The van der Waals surface area contributed by atoms with Crippen LogP contribution in [0.15, 0.2) is 24.3 Å². The van der Waals surface area contributed by atoms with Crippen molar-refractivity contribution in [3.8, 4) is 0 Å². The summed E-state index contributed by atoms with van der Waals surface area (Å²) < 4.78 is 0. The summed E-state index contributed by atoms with van der Waals surface area (Å²) in [5.41, 5.74) is 2.55. The zero-order valence-corrected chi connectivity index (χ0v) is 15.0. The molecule has 0 aromatic heterocycles. The van der Waals surface area contributed by atoms with Crippen molar-refractivity contribution in [2.75, 3.05) is 13.1 Å². The van der Waals surface area contributed by atoms with E-state index in [1.807, 2.05) is 0 Å². The lowest BCUT2D eigenvalue weighted by molar-refractivity contribution is -0.138. The minimum absolute atomic E-state index is 0.0555. The molecule has 3 rings (SSSR count). The van der Waals surface area contributed by atoms with Crippen molar-refractivity contribution in [2.45, 2.75) is 51.4 Å². The molecule has 1 aromatic carbocycles. The maximum absolute atomic E-state index is 12.2. The van der Waals surface area contributed by atoms with Crippen molar-refractivity contribution in [1.82, 2.24) is 10.2 Å². The normalized spacial score (nSPS) is 22.6. The van der Waals surface area contributed by atoms with E-state index in [0.717, 1.165) is 6.42 Å². The number of amides is 3. The summed E-state index contributed by atoms with van der Waals surface area (Å²) in [5.74, 6) is 0.786. The standard InChI is InChI=1S/C20H26N2O3/c1-13(2)14-4-6-15(7-5-14)16-12-17(16)20(25)21-10-3-11-22-18(23)8-9-19(22)24/h4-7,13,16-17H,3,8-12H2,1-2H3,(H,21,25)/t16-,17-/m1/s1. The molecule has 0 radical (unpaired) electrons. The molecule has 0 bridgehead atoms. The fourth-order valence-electron chi connectivity index (χ4n) is 3.43. The fourth-order valence-corrected chi connectivity index (χ4v) is 3.43. The Hall–Kier alpha value is -2.17. The number of benzene rings is 1. The van der Waals surface area contributed by atoms with Crippen LogP contribution in [0.2, 0.25) is 0 Å². The first-order valence-electron chi connectivity index (χ1n) is 9.18. The van der Waals surface area contributed by atoms with Gasteiger partial charge in [0, 0.05) is 31.8 Å². The Morgan fingerprint density at radius 3 is 2.40 bits per heavy atom. The number of carbonyl (C=O) groups excluding carboxylic acids is 3. The summed E-state index contributed by atoms with van der Waals surface area (Å²) in [6, 6.07) is 8.57. The average molecular weight is 342 g/mol. The van der Waals surface area contributed by atoms with Gasteiger partial charge >= 0.3 is 0 Å². The summed E-state index contributed by atoms with van der Waals surface area (Å²) in [6.45, 7) is 5.26. The number of hydrogen-bond donors (Lipinski definition) is 1. The Bertz CT molecular complexity index is 650. The molecular formula is C20H26N2O3. The maximum Gasteiger partial charge on any atom is 0.229 e. The second-order valence-corrected chi connectivity index (χ2v) is 7.35. The lowest BCUT2D eigenvalue weighted by Crippen LogP contribution is -2.33. The molecule has 2 fully saturated rings. The largest absolute Gasteiger partial charge is 0.356 e. The molecular weight excluding hydrogens is 316 g/mol. The van der Waals surface area contributed by atoms with Gasteiger partial charge in [-0.2, -0.15) is 0 Å². The van der Waals surface area contributed by atoms with E-state index in [9.17, 15) is 14.4 Å². The Morgan fingerprint density at radius 2 is 1.80 bits per heavy atom. The molecule has 1 heterocycles. The number of nitrogens with zero attached hydrogens (tertiary/aromatic N) is 1. The third kappa shape index (κ3) is 4.09. The minimum Gasteiger partial charge on any atom is -0.356 e. The van der Waals surface area contributed by atoms with Crippen molar-refractivity contribution in [3.05, 3.63) is 35.4 Å². The Balaban J connectivity index is 1.40. The minimum atomic E-state index is -0.0940. The number of rotatable bonds is 7. The van der Waals surface area contributed by atoms with Gasteiger partial charge in [-0.25, -0.2) is 0 Å². The van der Waals surface area contributed by atoms with Gasteiger partial charge in [-0.3, -0.25) is 19.3 Å². The molecule has 1 aromatic rings. The predicted octanol–water partition coefficient (Wildman–Crippen LogP) is 2.57. The highest BCUT2D eigenvalue weighted by Gasteiger charge is 2.43. The van der Waals surface area contributed by atoms with Gasteiger partial charge in [-0.1, -0.05) is 38.1 Å². The van der Waals surface area contributed by atoms with E-state index in [-0.39, 0.29) is 23.6 Å². The van der Waals surface area contributed by atoms with Crippen molar-refractivity contribution in [2.24, 2.45) is 5.92 Å². The van der Waals surface area contributed by atoms with E-state index in [1.165, 1.54) is 16.0 Å². The van der Waals surface area contributed by atoms with Crippen LogP contribution in [0.5, 0.6) is 0 Å². The first kappa shape index (κ1) is 17.6. The van der Waals surface area contributed by atoms with Crippen LogP contribution in [0.3, 0.4) is 0 Å². The number of nitrogens with one attached hydrogen (secondary N) is 1. The van der Waals surface area contributed by atoms with E-state index in [4.69, 9.17) is 0 Å². The second-order valence-electron chi connectivity index (χ2n) is 7.35. The van der Waals surface area contributed by atoms with Crippen LogP contribution in [0, 0.1) is 5.92 Å². The predicted molar refractivity (Wildman–Crippen MR) is 95.0 cm³/mol. The summed E-state index contributed by atoms with van der Waals surface area (Å²) >= 11 is 0. The van der Waals surface area contributed by atoms with E-state index in [1.54, 1.807) is 0 Å². The molecule has 0 unspecified atom stereocenters. The topological polar surface area (TPSA) is 66.5 Å². The van der Waals surface area contributed by atoms with Gasteiger partial charge in [0.1, 0.15) is 0 Å². The van der Waals surface area contributed by atoms with E-state index < -0.39 is 0 Å². The van der Waals surface area contributed by atoms with Crippen LogP contribution in [0.4, 0.5) is 0 Å². The van der Waals surface area contributed by atoms with Crippen molar-refractivity contribution in [3.63, 3.8) is 0 Å². The molecule has 1 saturated carbocycles. The zero-order chi connectivity index (χ0) is 18.0. The van der Waals surface area contributed by atoms with E-state index >= 15 is 0 Å². The van der Waals surface area contributed by atoms with Crippen LogP contribution in [0.1, 0.15) is 62.5 Å². The van der Waals surface area contributed by atoms with Crippen LogP contribution in [-0.2, 0) is 14.4 Å². The zero-order valence-electron chi connectivity index (χ0n) is 15.0. The highest BCUT2D eigenvalue weighted by molar-refractivity contribution is 6.01. The molecule has 2 aliphatic rings. The van der Waals surface area contributed by atoms with Gasteiger partial charge in [0.25, 0.3) is 0 Å². The number of imide groups is 1. The van der Waals surface area contributed by atoms with Gasteiger partial charge in [-0.15, -0.1) is 0 Å². The van der Waals surface area contributed by atoms with E-state index in [2.05, 4.69) is 43.4 Å². The van der Waals surface area contributed by atoms with Crippen molar-refractivity contribution < 1.29 is 14.4 Å².